The lowest BCUT2D eigenvalue weighted by molar-refractivity contribution is 0.0467. The van der Waals surface area contributed by atoms with Crippen LogP contribution in [0.5, 0.6) is 11.5 Å². The highest BCUT2D eigenvalue weighted by molar-refractivity contribution is 5.46. The van der Waals surface area contributed by atoms with Crippen molar-refractivity contribution in [2.45, 2.75) is 52.5 Å². The molecule has 0 aromatic heterocycles. The van der Waals surface area contributed by atoms with Crippen molar-refractivity contribution in [2.24, 2.45) is 16.6 Å². The molecule has 1 aliphatic carbocycles. The topological polar surface area (TPSA) is 44.5 Å². The molecule has 0 unspecified atom stereocenters. The molecule has 3 nitrogen and oxygen atoms in total. The standard InChI is InChI=1S/C18H27NO2/c1-16(2)10-17(3,4)12-18(19,11-16)13-5-6-14-15(9-13)21-8-7-20-14/h5-6,9H,7-8,10-12,19H2,1-4H3. The maximum atomic E-state index is 6.87. The average molecular weight is 289 g/mol. The van der Waals surface area contributed by atoms with Gasteiger partial charge in [-0.25, -0.2) is 0 Å². The van der Waals surface area contributed by atoms with Crippen molar-refractivity contribution in [3.63, 3.8) is 0 Å². The number of hydrogen-bond donors (Lipinski definition) is 1. The molecular formula is C18H27NO2. The molecule has 1 aromatic rings. The number of rotatable bonds is 1. The first-order valence-electron chi connectivity index (χ1n) is 7.88. The molecule has 0 bridgehead atoms. The summed E-state index contributed by atoms with van der Waals surface area (Å²) < 4.78 is 11.3. The van der Waals surface area contributed by atoms with E-state index < -0.39 is 0 Å². The van der Waals surface area contributed by atoms with Crippen molar-refractivity contribution in [2.75, 3.05) is 13.2 Å². The van der Waals surface area contributed by atoms with E-state index in [1.54, 1.807) is 0 Å². The minimum absolute atomic E-state index is 0.254. The van der Waals surface area contributed by atoms with Gasteiger partial charge in [-0.1, -0.05) is 33.8 Å². The van der Waals surface area contributed by atoms with Crippen LogP contribution in [0.4, 0.5) is 0 Å². The molecule has 1 aliphatic heterocycles. The summed E-state index contributed by atoms with van der Waals surface area (Å²) in [5, 5.41) is 0. The molecule has 2 N–H and O–H groups in total. The fourth-order valence-corrected chi connectivity index (χ4v) is 4.75. The minimum Gasteiger partial charge on any atom is -0.486 e. The molecule has 3 rings (SSSR count). The Balaban J connectivity index is 1.98. The van der Waals surface area contributed by atoms with Crippen molar-refractivity contribution in [3.8, 4) is 11.5 Å². The Morgan fingerprint density at radius 2 is 1.43 bits per heavy atom. The van der Waals surface area contributed by atoms with E-state index in [1.807, 2.05) is 6.07 Å². The van der Waals surface area contributed by atoms with E-state index in [2.05, 4.69) is 39.8 Å². The smallest absolute Gasteiger partial charge is 0.161 e. The monoisotopic (exact) mass is 289 g/mol. The van der Waals surface area contributed by atoms with E-state index >= 15 is 0 Å². The summed E-state index contributed by atoms with van der Waals surface area (Å²) in [6.07, 6.45) is 3.22. The summed E-state index contributed by atoms with van der Waals surface area (Å²) in [4.78, 5) is 0. The third-order valence-corrected chi connectivity index (χ3v) is 4.66. The summed E-state index contributed by atoms with van der Waals surface area (Å²) in [6, 6.07) is 6.21. The first kappa shape index (κ1) is 14.7. The van der Waals surface area contributed by atoms with Gasteiger partial charge < -0.3 is 15.2 Å². The molecule has 0 amide bonds. The summed E-state index contributed by atoms with van der Waals surface area (Å²) in [7, 11) is 0. The zero-order chi connectivity index (χ0) is 15.3. The third kappa shape index (κ3) is 2.89. The lowest BCUT2D eigenvalue weighted by Crippen LogP contribution is -2.49. The van der Waals surface area contributed by atoms with Gasteiger partial charge in [-0.2, -0.15) is 0 Å². The van der Waals surface area contributed by atoms with E-state index in [-0.39, 0.29) is 16.4 Å². The molecule has 2 aliphatic rings. The highest BCUT2D eigenvalue weighted by Crippen LogP contribution is 2.53. The summed E-state index contributed by atoms with van der Waals surface area (Å²) in [6.45, 7) is 10.5. The van der Waals surface area contributed by atoms with Crippen molar-refractivity contribution in [1.29, 1.82) is 0 Å². The van der Waals surface area contributed by atoms with Crippen LogP contribution in [-0.4, -0.2) is 13.2 Å². The molecule has 0 atom stereocenters. The summed E-state index contributed by atoms with van der Waals surface area (Å²) >= 11 is 0. The Morgan fingerprint density at radius 3 is 2.05 bits per heavy atom. The van der Waals surface area contributed by atoms with Gasteiger partial charge in [0.25, 0.3) is 0 Å². The summed E-state index contributed by atoms with van der Waals surface area (Å²) in [5.41, 5.74) is 8.26. The van der Waals surface area contributed by atoms with Gasteiger partial charge in [-0.05, 0) is 47.8 Å². The van der Waals surface area contributed by atoms with Gasteiger partial charge in [0.15, 0.2) is 11.5 Å². The predicted molar refractivity (Wildman–Crippen MR) is 84.7 cm³/mol. The van der Waals surface area contributed by atoms with E-state index in [9.17, 15) is 0 Å². The highest BCUT2D eigenvalue weighted by atomic mass is 16.6. The van der Waals surface area contributed by atoms with Gasteiger partial charge in [0, 0.05) is 5.54 Å². The normalized spacial score (nSPS) is 25.4. The van der Waals surface area contributed by atoms with E-state index in [0.717, 1.165) is 24.3 Å². The number of ether oxygens (including phenoxy) is 2. The molecule has 1 heterocycles. The lowest BCUT2D eigenvalue weighted by atomic mass is 9.57. The minimum atomic E-state index is -0.291. The van der Waals surface area contributed by atoms with Gasteiger partial charge in [0.2, 0.25) is 0 Å². The average Bonchev–Trinajstić information content (AvgIpc) is 2.34. The maximum absolute atomic E-state index is 6.87. The Bertz CT molecular complexity index is 532. The van der Waals surface area contributed by atoms with Gasteiger partial charge in [0.05, 0.1) is 0 Å². The molecule has 0 radical (unpaired) electrons. The maximum Gasteiger partial charge on any atom is 0.161 e. The molecule has 1 fully saturated rings. The Labute approximate surface area is 127 Å². The third-order valence-electron chi connectivity index (χ3n) is 4.66. The van der Waals surface area contributed by atoms with Crippen LogP contribution in [0.3, 0.4) is 0 Å². The summed E-state index contributed by atoms with van der Waals surface area (Å²) in [5.74, 6) is 1.67. The molecule has 116 valence electrons. The molecule has 0 spiro atoms. The molecule has 21 heavy (non-hydrogen) atoms. The fourth-order valence-electron chi connectivity index (χ4n) is 4.75. The molecule has 0 saturated heterocycles. The Kier molecular flexibility index (Phi) is 3.25. The van der Waals surface area contributed by atoms with E-state index in [0.29, 0.717) is 13.2 Å². The second-order valence-electron chi connectivity index (χ2n) is 8.37. The SMILES string of the molecule is CC1(C)CC(C)(C)CC(N)(c2ccc3c(c2)OCCO3)C1. The number of nitrogens with two attached hydrogens (primary N) is 1. The van der Waals surface area contributed by atoms with Crippen LogP contribution in [0.15, 0.2) is 18.2 Å². The number of fused-ring (bicyclic) bond motifs is 1. The molecule has 3 heteroatoms. The van der Waals surface area contributed by atoms with Crippen LogP contribution in [0, 0.1) is 10.8 Å². The zero-order valence-electron chi connectivity index (χ0n) is 13.7. The van der Waals surface area contributed by atoms with Crippen molar-refractivity contribution in [1.82, 2.24) is 0 Å². The van der Waals surface area contributed by atoms with Crippen LogP contribution < -0.4 is 15.2 Å². The van der Waals surface area contributed by atoms with Crippen LogP contribution in [0.2, 0.25) is 0 Å². The largest absolute Gasteiger partial charge is 0.486 e. The predicted octanol–water partition coefficient (Wildman–Crippen LogP) is 3.85. The van der Waals surface area contributed by atoms with Gasteiger partial charge in [0.1, 0.15) is 13.2 Å². The van der Waals surface area contributed by atoms with Crippen molar-refractivity contribution < 1.29 is 9.47 Å². The highest BCUT2D eigenvalue weighted by Gasteiger charge is 2.46. The second-order valence-corrected chi connectivity index (χ2v) is 8.37. The number of hydrogen-bond acceptors (Lipinski definition) is 3. The van der Waals surface area contributed by atoms with Crippen molar-refractivity contribution in [3.05, 3.63) is 23.8 Å². The molecule has 1 saturated carbocycles. The van der Waals surface area contributed by atoms with Gasteiger partial charge >= 0.3 is 0 Å². The second kappa shape index (κ2) is 4.64. The van der Waals surface area contributed by atoms with E-state index in [1.165, 1.54) is 12.0 Å². The zero-order valence-corrected chi connectivity index (χ0v) is 13.7. The first-order valence-corrected chi connectivity index (χ1v) is 7.88. The quantitative estimate of drug-likeness (QED) is 0.854. The molecule has 1 aromatic carbocycles. The first-order chi connectivity index (χ1) is 9.69. The van der Waals surface area contributed by atoms with Gasteiger partial charge in [-0.3, -0.25) is 0 Å². The van der Waals surface area contributed by atoms with E-state index in [4.69, 9.17) is 15.2 Å². The van der Waals surface area contributed by atoms with Crippen LogP contribution in [-0.2, 0) is 5.54 Å². The number of benzene rings is 1. The van der Waals surface area contributed by atoms with Crippen LogP contribution in [0.25, 0.3) is 0 Å². The van der Waals surface area contributed by atoms with Gasteiger partial charge in [-0.15, -0.1) is 0 Å². The fraction of sp³-hybridized carbons (Fsp3) is 0.667. The molecular weight excluding hydrogens is 262 g/mol. The van der Waals surface area contributed by atoms with Crippen LogP contribution >= 0.6 is 0 Å². The van der Waals surface area contributed by atoms with Crippen molar-refractivity contribution >= 4 is 0 Å². The van der Waals surface area contributed by atoms with Crippen LogP contribution in [0.1, 0.15) is 52.5 Å². The Morgan fingerprint density at radius 1 is 0.857 bits per heavy atom. The lowest BCUT2D eigenvalue weighted by Gasteiger charge is -2.50. The Hall–Kier alpha value is -1.22.